The molecule has 4 heterocycles. The first-order chi connectivity index (χ1) is 17.9. The highest BCUT2D eigenvalue weighted by atomic mass is 16.5. The van der Waals surface area contributed by atoms with Crippen LogP contribution in [0, 0.1) is 5.41 Å². The topological polar surface area (TPSA) is 76.0 Å². The van der Waals surface area contributed by atoms with Crippen LogP contribution in [0.15, 0.2) is 59.4 Å². The van der Waals surface area contributed by atoms with E-state index in [-0.39, 0.29) is 17.1 Å². The van der Waals surface area contributed by atoms with Gasteiger partial charge in [-0.25, -0.2) is 4.98 Å². The van der Waals surface area contributed by atoms with E-state index in [1.165, 1.54) is 0 Å². The fraction of sp³-hybridized carbons (Fsp3) is 0.536. The van der Waals surface area contributed by atoms with Gasteiger partial charge < -0.3 is 19.3 Å². The molecule has 2 fully saturated rings. The number of anilines is 1. The number of piperazine rings is 1. The van der Waals surface area contributed by atoms with Gasteiger partial charge in [0.15, 0.2) is 0 Å². The molecule has 0 N–H and O–H groups in total. The Morgan fingerprint density at radius 2 is 1.92 bits per heavy atom. The van der Waals surface area contributed by atoms with Crippen molar-refractivity contribution in [3.8, 4) is 11.3 Å². The predicted octanol–water partition coefficient (Wildman–Crippen LogP) is 2.16. The minimum Gasteiger partial charge on any atom is -0.493 e. The van der Waals surface area contributed by atoms with Crippen molar-refractivity contribution in [2.45, 2.75) is 19.4 Å². The van der Waals surface area contributed by atoms with Crippen molar-refractivity contribution in [3.05, 3.63) is 64.9 Å². The molecular weight excluding hydrogens is 468 g/mol. The summed E-state index contributed by atoms with van der Waals surface area (Å²) in [6.45, 7) is 10.3. The van der Waals surface area contributed by atoms with Crippen LogP contribution < -0.4 is 10.5 Å². The lowest BCUT2D eigenvalue weighted by atomic mass is 9.77. The molecule has 2 saturated heterocycles. The van der Waals surface area contributed by atoms with Crippen molar-refractivity contribution >= 4 is 5.95 Å². The number of aromatic nitrogens is 3. The molecular formula is C28H38N6O3. The van der Waals surface area contributed by atoms with Gasteiger partial charge in [-0.3, -0.25) is 19.2 Å². The Morgan fingerprint density at radius 3 is 2.65 bits per heavy atom. The number of rotatable bonds is 7. The van der Waals surface area contributed by atoms with E-state index < -0.39 is 0 Å². The molecule has 3 aliphatic rings. The van der Waals surface area contributed by atoms with Gasteiger partial charge in [-0.1, -0.05) is 13.0 Å². The molecule has 198 valence electrons. The van der Waals surface area contributed by atoms with Gasteiger partial charge in [-0.05, 0) is 37.8 Å². The maximum Gasteiger partial charge on any atom is 0.255 e. The summed E-state index contributed by atoms with van der Waals surface area (Å²) >= 11 is 0. The molecule has 1 unspecified atom stereocenters. The molecule has 2 aliphatic heterocycles. The molecule has 37 heavy (non-hydrogen) atoms. The zero-order valence-electron chi connectivity index (χ0n) is 22.2. The summed E-state index contributed by atoms with van der Waals surface area (Å²) in [5.41, 5.74) is 1.30. The van der Waals surface area contributed by atoms with Crippen molar-refractivity contribution in [2.24, 2.45) is 12.5 Å². The summed E-state index contributed by atoms with van der Waals surface area (Å²) in [6.07, 6.45) is 10.8. The second kappa shape index (κ2) is 11.2. The van der Waals surface area contributed by atoms with Crippen LogP contribution in [0.1, 0.15) is 13.3 Å². The van der Waals surface area contributed by atoms with E-state index >= 15 is 0 Å². The third-order valence-corrected chi connectivity index (χ3v) is 7.82. The smallest absolute Gasteiger partial charge is 0.255 e. The van der Waals surface area contributed by atoms with E-state index in [9.17, 15) is 4.79 Å². The van der Waals surface area contributed by atoms with Gasteiger partial charge >= 0.3 is 0 Å². The van der Waals surface area contributed by atoms with Crippen molar-refractivity contribution in [3.63, 3.8) is 0 Å². The Morgan fingerprint density at radius 1 is 1.14 bits per heavy atom. The minimum absolute atomic E-state index is 0.0258. The number of nitrogens with zero attached hydrogens (tertiary/aromatic N) is 6. The lowest BCUT2D eigenvalue weighted by Gasteiger charge is -2.43. The number of pyridine rings is 1. The molecule has 2 aromatic rings. The highest BCUT2D eigenvalue weighted by molar-refractivity contribution is 5.59. The van der Waals surface area contributed by atoms with E-state index in [1.54, 1.807) is 30.1 Å². The Bertz CT molecular complexity index is 1190. The minimum atomic E-state index is -0.162. The van der Waals surface area contributed by atoms with Gasteiger partial charge in [0.1, 0.15) is 12.4 Å². The maximum absolute atomic E-state index is 12.8. The molecule has 0 saturated carbocycles. The predicted molar refractivity (Wildman–Crippen MR) is 144 cm³/mol. The first kappa shape index (κ1) is 25.6. The lowest BCUT2D eigenvalue weighted by Crippen LogP contribution is -2.51. The van der Waals surface area contributed by atoms with Gasteiger partial charge in [0, 0.05) is 82.3 Å². The van der Waals surface area contributed by atoms with Crippen LogP contribution in [0.4, 0.5) is 5.95 Å². The molecule has 2 atom stereocenters. The van der Waals surface area contributed by atoms with Crippen molar-refractivity contribution in [1.82, 2.24) is 24.3 Å². The number of morpholine rings is 1. The molecule has 1 aliphatic carbocycles. The summed E-state index contributed by atoms with van der Waals surface area (Å²) in [7, 11) is 3.96. The van der Waals surface area contributed by atoms with E-state index in [0.717, 1.165) is 50.5 Å². The number of likely N-dealkylation sites (N-methyl/N-ethyl adjacent to an activating group) is 1. The first-order valence-electron chi connectivity index (χ1n) is 13.2. The maximum atomic E-state index is 12.8. The summed E-state index contributed by atoms with van der Waals surface area (Å²) in [5, 5.41) is 0. The number of hydrogen-bond donors (Lipinski definition) is 0. The SMILES string of the molecule is CN1CCN(CCOC2=CCC(C)([C@H]3CN(c4nc(-c5ccncc5)cc(=O)n4C)CCO3)C=C2)CC1. The van der Waals surface area contributed by atoms with Crippen LogP contribution in [0.5, 0.6) is 0 Å². The molecule has 0 aromatic carbocycles. The van der Waals surface area contributed by atoms with E-state index in [4.69, 9.17) is 14.5 Å². The van der Waals surface area contributed by atoms with Crippen LogP contribution in [0.2, 0.25) is 0 Å². The summed E-state index contributed by atoms with van der Waals surface area (Å²) < 4.78 is 14.0. The van der Waals surface area contributed by atoms with Crippen LogP contribution >= 0.6 is 0 Å². The molecule has 0 radical (unpaired) electrons. The fourth-order valence-electron chi connectivity index (χ4n) is 5.15. The zero-order chi connectivity index (χ0) is 25.8. The average molecular weight is 507 g/mol. The van der Waals surface area contributed by atoms with Crippen LogP contribution in [0.25, 0.3) is 11.3 Å². The molecule has 0 bridgehead atoms. The number of ether oxygens (including phenoxy) is 2. The normalized spacial score (nSPS) is 25.2. The van der Waals surface area contributed by atoms with Gasteiger partial charge in [0.2, 0.25) is 5.95 Å². The molecule has 5 rings (SSSR count). The second-order valence-electron chi connectivity index (χ2n) is 10.5. The summed E-state index contributed by atoms with van der Waals surface area (Å²) in [4.78, 5) is 28.7. The third kappa shape index (κ3) is 5.95. The van der Waals surface area contributed by atoms with Crippen LogP contribution in [0.3, 0.4) is 0 Å². The molecule has 0 amide bonds. The number of hydrogen-bond acceptors (Lipinski definition) is 8. The molecule has 9 nitrogen and oxygen atoms in total. The summed E-state index contributed by atoms with van der Waals surface area (Å²) in [6, 6.07) is 5.33. The summed E-state index contributed by atoms with van der Waals surface area (Å²) in [5.74, 6) is 1.60. The Balaban J connectivity index is 1.21. The molecule has 2 aromatic heterocycles. The van der Waals surface area contributed by atoms with Gasteiger partial charge in [0.25, 0.3) is 5.56 Å². The first-order valence-corrected chi connectivity index (χ1v) is 13.2. The Hall–Kier alpha value is -3.01. The second-order valence-corrected chi connectivity index (χ2v) is 10.5. The quantitative estimate of drug-likeness (QED) is 0.566. The van der Waals surface area contributed by atoms with Crippen molar-refractivity contribution in [1.29, 1.82) is 0 Å². The van der Waals surface area contributed by atoms with Crippen LogP contribution in [-0.4, -0.2) is 96.5 Å². The Kier molecular flexibility index (Phi) is 7.73. The molecule has 9 heteroatoms. The van der Waals surface area contributed by atoms with E-state index in [1.807, 2.05) is 12.1 Å². The van der Waals surface area contributed by atoms with Gasteiger partial charge in [-0.2, -0.15) is 0 Å². The van der Waals surface area contributed by atoms with Crippen molar-refractivity contribution < 1.29 is 9.47 Å². The average Bonchev–Trinajstić information content (AvgIpc) is 2.93. The molecule has 0 spiro atoms. The largest absolute Gasteiger partial charge is 0.493 e. The fourth-order valence-corrected chi connectivity index (χ4v) is 5.15. The van der Waals surface area contributed by atoms with Crippen molar-refractivity contribution in [2.75, 3.05) is 71.0 Å². The highest BCUT2D eigenvalue weighted by Crippen LogP contribution is 2.37. The van der Waals surface area contributed by atoms with E-state index in [0.29, 0.717) is 37.9 Å². The third-order valence-electron chi connectivity index (χ3n) is 7.82. The van der Waals surface area contributed by atoms with Crippen LogP contribution in [-0.2, 0) is 16.5 Å². The lowest BCUT2D eigenvalue weighted by molar-refractivity contribution is -0.0227. The Labute approximate surface area is 219 Å². The van der Waals surface area contributed by atoms with Gasteiger partial charge in [0.05, 0.1) is 18.4 Å². The zero-order valence-corrected chi connectivity index (χ0v) is 22.2. The number of allylic oxidation sites excluding steroid dienone is 2. The van der Waals surface area contributed by atoms with E-state index in [2.05, 4.69) is 51.9 Å². The standard InChI is InChI=1S/C28H38N6O3/c1-28(8-4-23(5-9-28)36-18-16-33-14-12-31(2)13-15-33)25-21-34(17-19-37-25)27-30-24(20-26(35)32(27)3)22-6-10-29-11-7-22/h4-8,10-11,20,25H,9,12-19,21H2,1-3H3/t25-,28?/m1/s1. The van der Waals surface area contributed by atoms with Gasteiger partial charge in [-0.15, -0.1) is 0 Å². The highest BCUT2D eigenvalue weighted by Gasteiger charge is 2.38. The monoisotopic (exact) mass is 506 g/mol.